The largest absolute Gasteiger partial charge is 0.455 e. The Kier molecular flexibility index (Phi) is 7.58. The van der Waals surface area contributed by atoms with Crippen LogP contribution in [0.15, 0.2) is 23.3 Å². The molecule has 7 heteroatoms. The molecule has 0 aromatic rings. The highest BCUT2D eigenvalue weighted by Crippen LogP contribution is 2.75. The van der Waals surface area contributed by atoms with Crippen LogP contribution in [-0.2, 0) is 14.3 Å². The Bertz CT molecular complexity index is 1190. The summed E-state index contributed by atoms with van der Waals surface area (Å²) in [7, 11) is 0. The molecule has 0 radical (unpaired) electrons. The molecule has 12 atom stereocenters. The number of ether oxygens (including phenoxy) is 1. The zero-order valence-corrected chi connectivity index (χ0v) is 26.9. The van der Waals surface area contributed by atoms with Crippen LogP contribution in [-0.4, -0.2) is 63.7 Å². The van der Waals surface area contributed by atoms with Gasteiger partial charge in [0.15, 0.2) is 0 Å². The second kappa shape index (κ2) is 9.98. The predicted molar refractivity (Wildman–Crippen MR) is 160 cm³/mol. The fourth-order valence-electron chi connectivity index (χ4n) is 11.3. The number of hydrogen-bond acceptors (Lipinski definition) is 7. The third kappa shape index (κ3) is 3.85. The average molecular weight is 587 g/mol. The smallest absolute Gasteiger partial charge is 0.333 e. The van der Waals surface area contributed by atoms with Gasteiger partial charge in [-0.05, 0) is 98.2 Å². The molecule has 0 bridgehead atoms. The highest BCUT2D eigenvalue weighted by Gasteiger charge is 2.73. The lowest BCUT2D eigenvalue weighted by Gasteiger charge is -2.72. The minimum Gasteiger partial charge on any atom is -0.455 e. The van der Waals surface area contributed by atoms with Gasteiger partial charge in [0.1, 0.15) is 12.4 Å². The highest BCUT2D eigenvalue weighted by atomic mass is 16.6. The van der Waals surface area contributed by atoms with Crippen molar-refractivity contribution in [2.75, 3.05) is 6.61 Å². The van der Waals surface area contributed by atoms with Crippen molar-refractivity contribution in [2.24, 2.45) is 50.2 Å². The van der Waals surface area contributed by atoms with Crippen LogP contribution in [0.4, 0.5) is 0 Å². The Balaban J connectivity index is 1.63. The Morgan fingerprint density at radius 2 is 1.67 bits per heavy atom. The van der Waals surface area contributed by atoms with E-state index in [0.717, 1.165) is 32.0 Å². The lowest BCUT2D eigenvalue weighted by atomic mass is 9.33. The van der Waals surface area contributed by atoms with E-state index >= 15 is 0 Å². The minimum absolute atomic E-state index is 0.0790. The van der Waals surface area contributed by atoms with Gasteiger partial charge in [0.25, 0.3) is 0 Å². The summed E-state index contributed by atoms with van der Waals surface area (Å²) in [6.45, 7) is 15.9. The second-order valence-electron chi connectivity index (χ2n) is 16.3. The number of aldehydes is 1. The standard InChI is InChI=1S/C35H54O7/c1-9-20(2)29(41)42-28-27(40)30(3,4)16-22-21-10-11-24-31(5)14-13-25(38)32(6,18-36)23(31)12-15-33(24,7)34(21,8)17-26(39)35(22,28)19-37/h9-10,18,22-28,37-40H,11-17,19H2,1-8H3/b20-9+/t22-,23-,24-,25-,26-,27-,28+,31-,32+,33-,34-,35+/m1/s1. The van der Waals surface area contributed by atoms with E-state index in [0.29, 0.717) is 24.8 Å². The van der Waals surface area contributed by atoms with Crippen molar-refractivity contribution in [2.45, 2.75) is 125 Å². The van der Waals surface area contributed by atoms with Crippen LogP contribution < -0.4 is 0 Å². The summed E-state index contributed by atoms with van der Waals surface area (Å²) in [4.78, 5) is 25.5. The molecule has 0 aliphatic heterocycles. The van der Waals surface area contributed by atoms with Gasteiger partial charge in [0, 0.05) is 5.57 Å². The minimum atomic E-state index is -1.22. The Morgan fingerprint density at radius 1 is 1.00 bits per heavy atom. The highest BCUT2D eigenvalue weighted by molar-refractivity contribution is 5.87. The number of aliphatic hydroxyl groups is 4. The molecule has 0 aromatic carbocycles. The predicted octanol–water partition coefficient (Wildman–Crippen LogP) is 4.75. The summed E-state index contributed by atoms with van der Waals surface area (Å²) < 4.78 is 6.04. The van der Waals surface area contributed by atoms with Crippen LogP contribution in [0.3, 0.4) is 0 Å². The number of allylic oxidation sites excluding steroid dienone is 3. The Labute approximate surface area is 251 Å². The van der Waals surface area contributed by atoms with Crippen molar-refractivity contribution in [3.63, 3.8) is 0 Å². The molecule has 42 heavy (non-hydrogen) atoms. The van der Waals surface area contributed by atoms with Crippen LogP contribution in [0.1, 0.15) is 100 Å². The number of aliphatic hydroxyl groups excluding tert-OH is 4. The van der Waals surface area contributed by atoms with E-state index in [9.17, 15) is 30.0 Å². The Morgan fingerprint density at radius 3 is 2.26 bits per heavy atom. The molecule has 7 nitrogen and oxygen atoms in total. The van der Waals surface area contributed by atoms with E-state index in [1.165, 1.54) is 5.57 Å². The molecule has 4 fully saturated rings. The fraction of sp³-hybridized carbons (Fsp3) is 0.829. The maximum Gasteiger partial charge on any atom is 0.333 e. The zero-order valence-electron chi connectivity index (χ0n) is 26.9. The number of rotatable bonds is 4. The zero-order chi connectivity index (χ0) is 31.3. The van der Waals surface area contributed by atoms with Gasteiger partial charge in [-0.25, -0.2) is 4.79 Å². The molecule has 5 aliphatic carbocycles. The molecule has 0 heterocycles. The monoisotopic (exact) mass is 586 g/mol. The summed E-state index contributed by atoms with van der Waals surface area (Å²) in [6.07, 6.45) is 6.19. The normalized spacial score (nSPS) is 51.7. The van der Waals surface area contributed by atoms with E-state index in [2.05, 4.69) is 26.8 Å². The van der Waals surface area contributed by atoms with Gasteiger partial charge in [0.2, 0.25) is 0 Å². The van der Waals surface area contributed by atoms with Gasteiger partial charge in [-0.1, -0.05) is 59.3 Å². The van der Waals surface area contributed by atoms with Crippen LogP contribution in [0.2, 0.25) is 0 Å². The molecule has 0 amide bonds. The lowest BCUT2D eigenvalue weighted by Crippen LogP contribution is -2.72. The molecule has 0 saturated heterocycles. The van der Waals surface area contributed by atoms with Crippen molar-refractivity contribution in [1.82, 2.24) is 0 Å². The summed E-state index contributed by atoms with van der Waals surface area (Å²) in [5, 5.41) is 45.9. The molecule has 4 saturated carbocycles. The van der Waals surface area contributed by atoms with Gasteiger partial charge in [-0.2, -0.15) is 0 Å². The van der Waals surface area contributed by atoms with E-state index in [1.54, 1.807) is 19.9 Å². The molecule has 0 aromatic heterocycles. The molecule has 4 N–H and O–H groups in total. The van der Waals surface area contributed by atoms with Gasteiger partial charge >= 0.3 is 5.97 Å². The fourth-order valence-corrected chi connectivity index (χ4v) is 11.3. The van der Waals surface area contributed by atoms with Crippen molar-refractivity contribution < 1.29 is 34.8 Å². The van der Waals surface area contributed by atoms with Gasteiger partial charge in [-0.3, -0.25) is 0 Å². The third-order valence-corrected chi connectivity index (χ3v) is 14.3. The molecular formula is C35H54O7. The second-order valence-corrected chi connectivity index (χ2v) is 16.3. The maximum atomic E-state index is 13.1. The number of hydrogen-bond donors (Lipinski definition) is 4. The lowest BCUT2D eigenvalue weighted by molar-refractivity contribution is -0.261. The first-order valence-electron chi connectivity index (χ1n) is 16.1. The van der Waals surface area contributed by atoms with Crippen LogP contribution in [0.5, 0.6) is 0 Å². The Hall–Kier alpha value is -1.54. The maximum absolute atomic E-state index is 13.1. The van der Waals surface area contributed by atoms with Crippen molar-refractivity contribution in [3.05, 3.63) is 23.3 Å². The molecular weight excluding hydrogens is 532 g/mol. The van der Waals surface area contributed by atoms with Gasteiger partial charge in [0.05, 0.1) is 35.7 Å². The summed E-state index contributed by atoms with van der Waals surface area (Å²) >= 11 is 0. The molecule has 236 valence electrons. The number of fused-ring (bicyclic) bond motifs is 7. The summed E-state index contributed by atoms with van der Waals surface area (Å²) in [5.74, 6) is -0.489. The number of esters is 1. The van der Waals surface area contributed by atoms with Crippen molar-refractivity contribution in [3.8, 4) is 0 Å². The van der Waals surface area contributed by atoms with E-state index in [-0.39, 0.29) is 28.6 Å². The third-order valence-electron chi connectivity index (χ3n) is 14.3. The quantitative estimate of drug-likeness (QED) is 0.162. The first-order chi connectivity index (χ1) is 19.4. The van der Waals surface area contributed by atoms with Gasteiger partial charge < -0.3 is 30.0 Å². The van der Waals surface area contributed by atoms with Crippen molar-refractivity contribution in [1.29, 1.82) is 0 Å². The first kappa shape index (κ1) is 31.9. The number of carbonyl (C=O) groups is 2. The SMILES string of the molecule is C/C=C(\C)C(=O)O[C@H]1[C@@H](O)C(C)(C)C[C@@H]2C3=CC[C@@H]4[C@]5(C)CC[C@@H](O)[C@@](C)(C=O)[C@@H]5CC[C@@]4(C)[C@]3(C)C[C@@H](O)[C@]21CO. The summed E-state index contributed by atoms with van der Waals surface area (Å²) in [6, 6.07) is 0. The molecule has 0 unspecified atom stereocenters. The molecule has 5 rings (SSSR count). The molecule has 0 spiro atoms. The van der Waals surface area contributed by atoms with E-state index in [4.69, 9.17) is 4.74 Å². The summed E-state index contributed by atoms with van der Waals surface area (Å²) in [5.41, 5.74) is -1.72. The average Bonchev–Trinajstić information content (AvgIpc) is 2.93. The number of carbonyl (C=O) groups excluding carboxylic acids is 2. The topological polar surface area (TPSA) is 124 Å². The van der Waals surface area contributed by atoms with E-state index in [1.807, 2.05) is 20.8 Å². The molecule has 5 aliphatic rings. The first-order valence-corrected chi connectivity index (χ1v) is 16.1. The van der Waals surface area contributed by atoms with Gasteiger partial charge in [-0.15, -0.1) is 0 Å². The van der Waals surface area contributed by atoms with Crippen LogP contribution in [0.25, 0.3) is 0 Å². The van der Waals surface area contributed by atoms with Crippen LogP contribution in [0, 0.1) is 50.2 Å². The van der Waals surface area contributed by atoms with Crippen molar-refractivity contribution >= 4 is 12.3 Å². The van der Waals surface area contributed by atoms with Crippen LogP contribution >= 0.6 is 0 Å². The van der Waals surface area contributed by atoms with E-state index < -0.39 is 58.7 Å².